The van der Waals surface area contributed by atoms with E-state index in [1.165, 1.54) is 0 Å². The summed E-state index contributed by atoms with van der Waals surface area (Å²) in [6.45, 7) is 2.14. The van der Waals surface area contributed by atoms with Gasteiger partial charge in [0, 0.05) is 22.6 Å². The van der Waals surface area contributed by atoms with Gasteiger partial charge in [-0.1, -0.05) is 85.8 Å². The summed E-state index contributed by atoms with van der Waals surface area (Å²) < 4.78 is 14.7. The Labute approximate surface area is 189 Å². The second-order valence-corrected chi connectivity index (χ2v) is 10.3. The number of hydrogen-bond acceptors (Lipinski definition) is 2. The molecular formula is C28H25N2OP. The maximum atomic E-state index is 14.7. The highest BCUT2D eigenvalue weighted by atomic mass is 31.2. The molecule has 0 spiro atoms. The number of nitrogens with zero attached hydrogens (tertiary/aromatic N) is 1. The first kappa shape index (κ1) is 21.8. The van der Waals surface area contributed by atoms with Crippen LogP contribution < -0.4 is 15.7 Å². The highest BCUT2D eigenvalue weighted by Gasteiger charge is 2.33. The van der Waals surface area contributed by atoms with E-state index in [0.717, 1.165) is 21.7 Å². The maximum Gasteiger partial charge on any atom is 0.205 e. The normalized spacial score (nSPS) is 13.1. The fourth-order valence-corrected chi connectivity index (χ4v) is 6.50. The van der Waals surface area contributed by atoms with Gasteiger partial charge >= 0.3 is 0 Å². The lowest BCUT2D eigenvalue weighted by Gasteiger charge is -2.31. The van der Waals surface area contributed by atoms with Crippen molar-refractivity contribution in [3.63, 3.8) is 0 Å². The van der Waals surface area contributed by atoms with Crippen molar-refractivity contribution in [2.75, 3.05) is 0 Å². The molecule has 0 heterocycles. The van der Waals surface area contributed by atoms with Crippen LogP contribution in [0.15, 0.2) is 115 Å². The van der Waals surface area contributed by atoms with E-state index >= 15 is 0 Å². The fraction of sp³-hybridized carbons (Fsp3) is 0.107. The minimum atomic E-state index is -3.15. The predicted molar refractivity (Wildman–Crippen MR) is 132 cm³/mol. The van der Waals surface area contributed by atoms with Crippen LogP contribution in [0.3, 0.4) is 0 Å². The first-order chi connectivity index (χ1) is 15.6. The average Bonchev–Trinajstić information content (AvgIpc) is 2.88. The zero-order chi connectivity index (χ0) is 22.4. The molecule has 0 saturated carbocycles. The molecule has 0 fully saturated rings. The predicted octanol–water partition coefficient (Wildman–Crippen LogP) is 5.92. The molecule has 0 amide bonds. The van der Waals surface area contributed by atoms with Gasteiger partial charge in [-0.3, -0.25) is 9.65 Å². The van der Waals surface area contributed by atoms with Crippen LogP contribution in [-0.2, 0) is 4.57 Å². The molecule has 158 valence electrons. The molecule has 3 nitrogen and oxygen atoms in total. The molecule has 0 aliphatic carbocycles. The minimum absolute atomic E-state index is 0.0462. The topological polar surface area (TPSA) is 52.9 Å². The van der Waals surface area contributed by atoms with E-state index in [9.17, 15) is 9.83 Å². The molecule has 0 aliphatic heterocycles. The van der Waals surface area contributed by atoms with Crippen LogP contribution in [-0.4, -0.2) is 0 Å². The summed E-state index contributed by atoms with van der Waals surface area (Å²) in [4.78, 5) is 0. The zero-order valence-corrected chi connectivity index (χ0v) is 18.8. The third kappa shape index (κ3) is 4.58. The zero-order valence-electron chi connectivity index (χ0n) is 17.9. The molecule has 4 rings (SSSR count). The molecule has 0 saturated heterocycles. The lowest BCUT2D eigenvalue weighted by atomic mass is 9.89. The molecule has 4 aromatic carbocycles. The highest BCUT2D eigenvalue weighted by Crippen LogP contribution is 2.45. The molecular weight excluding hydrogens is 411 g/mol. The Morgan fingerprint density at radius 1 is 0.688 bits per heavy atom. The monoisotopic (exact) mass is 436 g/mol. The summed E-state index contributed by atoms with van der Waals surface area (Å²) in [5.74, 6) is 0.0462. The number of rotatable bonds is 7. The van der Waals surface area contributed by atoms with Gasteiger partial charge in [-0.15, -0.1) is 0 Å². The highest BCUT2D eigenvalue weighted by molar-refractivity contribution is 7.76. The van der Waals surface area contributed by atoms with Gasteiger partial charge in [0.1, 0.15) is 0 Å². The van der Waals surface area contributed by atoms with E-state index in [4.69, 9.17) is 0 Å². The van der Waals surface area contributed by atoms with Crippen molar-refractivity contribution in [3.8, 4) is 6.07 Å². The van der Waals surface area contributed by atoms with Gasteiger partial charge in [-0.2, -0.15) is 5.26 Å². The molecule has 0 aromatic heterocycles. The first-order valence-corrected chi connectivity index (χ1v) is 12.4. The van der Waals surface area contributed by atoms with Crippen molar-refractivity contribution in [1.82, 2.24) is 5.09 Å². The summed E-state index contributed by atoms with van der Waals surface area (Å²) >= 11 is 0. The summed E-state index contributed by atoms with van der Waals surface area (Å²) in [6.07, 6.45) is 0. The van der Waals surface area contributed by atoms with E-state index in [1.54, 1.807) is 0 Å². The number of nitrogens with one attached hydrogen (secondary N) is 1. The smallest absolute Gasteiger partial charge is 0.205 e. The SMILES string of the molecule is CC(c1ccccc1)C(NP(=O)(c1ccccc1)c1ccccc1)c1ccc(C#N)cc1. The summed E-state index contributed by atoms with van der Waals surface area (Å²) in [7, 11) is -3.15. The number of benzene rings is 4. The van der Waals surface area contributed by atoms with E-state index in [-0.39, 0.29) is 12.0 Å². The standard InChI is InChI=1S/C28H25N2OP/c1-22(24-11-5-2-6-12-24)28(25-19-17-23(21-29)18-20-25)30-32(31,26-13-7-3-8-14-26)27-15-9-4-10-16-27/h2-20,22,28H,1H3,(H,30,31). The molecule has 2 unspecified atom stereocenters. The van der Waals surface area contributed by atoms with Gasteiger partial charge in [0.2, 0.25) is 7.29 Å². The van der Waals surface area contributed by atoms with Crippen molar-refractivity contribution in [3.05, 3.63) is 132 Å². The van der Waals surface area contributed by atoms with Crippen LogP contribution in [0.4, 0.5) is 0 Å². The van der Waals surface area contributed by atoms with Crippen LogP contribution in [0.2, 0.25) is 0 Å². The third-order valence-electron chi connectivity index (χ3n) is 5.78. The Hall–Kier alpha value is -3.44. The molecule has 32 heavy (non-hydrogen) atoms. The van der Waals surface area contributed by atoms with Gasteiger partial charge in [0.05, 0.1) is 11.6 Å². The summed E-state index contributed by atoms with van der Waals surface area (Å²) in [5, 5.41) is 14.4. The lowest BCUT2D eigenvalue weighted by Crippen LogP contribution is -2.33. The quantitative estimate of drug-likeness (QED) is 0.366. The van der Waals surface area contributed by atoms with E-state index in [2.05, 4.69) is 30.2 Å². The molecule has 2 atom stereocenters. The van der Waals surface area contributed by atoms with Crippen molar-refractivity contribution in [2.45, 2.75) is 18.9 Å². The molecule has 4 heteroatoms. The van der Waals surface area contributed by atoms with Crippen molar-refractivity contribution < 1.29 is 4.57 Å². The minimum Gasteiger partial charge on any atom is -0.297 e. The Morgan fingerprint density at radius 2 is 1.16 bits per heavy atom. The van der Waals surface area contributed by atoms with Gasteiger partial charge in [0.15, 0.2) is 0 Å². The summed E-state index contributed by atoms with van der Waals surface area (Å²) in [6, 6.07) is 39.0. The van der Waals surface area contributed by atoms with Gasteiger partial charge in [-0.25, -0.2) is 0 Å². The average molecular weight is 436 g/mol. The molecule has 0 radical (unpaired) electrons. The van der Waals surface area contributed by atoms with Gasteiger partial charge < -0.3 is 0 Å². The van der Waals surface area contributed by atoms with Crippen LogP contribution in [0.5, 0.6) is 0 Å². The molecule has 4 aromatic rings. The number of nitriles is 1. The van der Waals surface area contributed by atoms with Crippen LogP contribution in [0.1, 0.15) is 35.6 Å². The second-order valence-electron chi connectivity index (χ2n) is 7.82. The third-order valence-corrected chi connectivity index (χ3v) is 8.48. The Bertz CT molecular complexity index is 1190. The van der Waals surface area contributed by atoms with E-state index in [1.807, 2.05) is 103 Å². The lowest BCUT2D eigenvalue weighted by molar-refractivity contribution is 0.523. The molecule has 0 bridgehead atoms. The Morgan fingerprint density at radius 3 is 1.62 bits per heavy atom. The first-order valence-electron chi connectivity index (χ1n) is 10.7. The van der Waals surface area contributed by atoms with Gasteiger partial charge in [-0.05, 0) is 47.5 Å². The molecule has 1 N–H and O–H groups in total. The van der Waals surface area contributed by atoms with Crippen molar-refractivity contribution in [1.29, 1.82) is 5.26 Å². The second kappa shape index (κ2) is 9.79. The Balaban J connectivity index is 1.83. The maximum absolute atomic E-state index is 14.7. The molecule has 0 aliphatic rings. The van der Waals surface area contributed by atoms with Crippen LogP contribution in [0.25, 0.3) is 0 Å². The summed E-state index contributed by atoms with van der Waals surface area (Å²) in [5.41, 5.74) is 2.75. The van der Waals surface area contributed by atoms with Crippen LogP contribution in [0, 0.1) is 11.3 Å². The van der Waals surface area contributed by atoms with Crippen molar-refractivity contribution >= 4 is 17.9 Å². The number of hydrogen-bond donors (Lipinski definition) is 1. The van der Waals surface area contributed by atoms with Crippen LogP contribution >= 0.6 is 7.29 Å². The van der Waals surface area contributed by atoms with Gasteiger partial charge in [0.25, 0.3) is 0 Å². The van der Waals surface area contributed by atoms with E-state index < -0.39 is 7.29 Å². The largest absolute Gasteiger partial charge is 0.297 e. The van der Waals surface area contributed by atoms with E-state index in [0.29, 0.717) is 5.56 Å². The van der Waals surface area contributed by atoms with Crippen molar-refractivity contribution in [2.24, 2.45) is 0 Å². The Kier molecular flexibility index (Phi) is 6.66. The fourth-order valence-electron chi connectivity index (χ4n) is 3.96.